The molecule has 1 aliphatic heterocycles. The van der Waals surface area contributed by atoms with Crippen LogP contribution in [0.1, 0.15) is 24.0 Å². The van der Waals surface area contributed by atoms with Crippen LogP contribution in [0.2, 0.25) is 0 Å². The summed E-state index contributed by atoms with van der Waals surface area (Å²) in [4.78, 5) is 28.4. The highest BCUT2D eigenvalue weighted by atomic mass is 16.2. The molecule has 0 bridgehead atoms. The van der Waals surface area contributed by atoms with E-state index in [-0.39, 0.29) is 11.5 Å². The van der Waals surface area contributed by atoms with Gasteiger partial charge in [0.15, 0.2) is 0 Å². The molecule has 1 aromatic heterocycles. The third-order valence-electron chi connectivity index (χ3n) is 3.34. The van der Waals surface area contributed by atoms with Crippen LogP contribution in [-0.4, -0.2) is 15.5 Å². The number of hydrogen-bond acceptors (Lipinski definition) is 3. The lowest BCUT2D eigenvalue weighted by molar-refractivity contribution is 0.0951. The molecule has 0 aliphatic carbocycles. The van der Waals surface area contributed by atoms with Crippen molar-refractivity contribution in [1.82, 2.24) is 9.55 Å². The number of carbonyl (C=O) groups is 1. The average Bonchev–Trinajstić information content (AvgIpc) is 2.43. The van der Waals surface area contributed by atoms with Gasteiger partial charge in [0.05, 0.1) is 10.9 Å². The average molecular weight is 252 g/mol. The van der Waals surface area contributed by atoms with Gasteiger partial charge in [-0.2, -0.15) is 4.98 Å². The minimum Gasteiger partial charge on any atom is -0.269 e. The maximum atomic E-state index is 12.4. The lowest BCUT2D eigenvalue weighted by atomic mass is 10.00. The van der Waals surface area contributed by atoms with E-state index in [1.54, 1.807) is 30.3 Å². The van der Waals surface area contributed by atoms with E-state index >= 15 is 0 Å². The summed E-state index contributed by atoms with van der Waals surface area (Å²) >= 11 is 0. The maximum absolute atomic E-state index is 12.4. The van der Waals surface area contributed by atoms with E-state index in [9.17, 15) is 9.59 Å². The van der Waals surface area contributed by atoms with Crippen molar-refractivity contribution in [3.8, 4) is 0 Å². The van der Waals surface area contributed by atoms with E-state index in [1.165, 1.54) is 4.57 Å². The van der Waals surface area contributed by atoms with Crippen LogP contribution in [0.25, 0.3) is 16.5 Å². The van der Waals surface area contributed by atoms with E-state index < -0.39 is 0 Å². The summed E-state index contributed by atoms with van der Waals surface area (Å²) in [7, 11) is 0. The van der Waals surface area contributed by atoms with Gasteiger partial charge in [0.2, 0.25) is 0 Å². The van der Waals surface area contributed by atoms with E-state index in [1.807, 2.05) is 6.92 Å². The number of hydrogen-bond donors (Lipinski definition) is 0. The van der Waals surface area contributed by atoms with Gasteiger partial charge in [-0.25, -0.2) is 0 Å². The monoisotopic (exact) mass is 252 g/mol. The van der Waals surface area contributed by atoms with Crippen LogP contribution in [0.4, 0.5) is 0 Å². The highest BCUT2D eigenvalue weighted by molar-refractivity contribution is 6.05. The lowest BCUT2D eigenvalue weighted by Crippen LogP contribution is -2.28. The van der Waals surface area contributed by atoms with Crippen LogP contribution in [0.5, 0.6) is 0 Å². The van der Waals surface area contributed by atoms with Gasteiger partial charge in [-0.1, -0.05) is 24.8 Å². The number of rotatable bonds is 0. The standard InChI is InChI=1S/C15H12N2O2/c1-3-10-8-9(2)13-16-14(18)11-6-4-5-7-12(11)17(13)15(10)19/h3-7H,2,8H2,1H3/b10-3+. The zero-order valence-corrected chi connectivity index (χ0v) is 10.5. The molecule has 19 heavy (non-hydrogen) atoms. The molecular weight excluding hydrogens is 240 g/mol. The third-order valence-corrected chi connectivity index (χ3v) is 3.34. The van der Waals surface area contributed by atoms with Gasteiger partial charge in [-0.05, 0) is 24.6 Å². The molecule has 4 nitrogen and oxygen atoms in total. The Hall–Kier alpha value is -2.49. The number of benzene rings is 1. The number of para-hydroxylation sites is 1. The van der Waals surface area contributed by atoms with Crippen LogP contribution < -0.4 is 5.56 Å². The fraction of sp³-hybridized carbons (Fsp3) is 0.133. The van der Waals surface area contributed by atoms with Crippen molar-refractivity contribution in [1.29, 1.82) is 0 Å². The molecule has 0 unspecified atom stereocenters. The topological polar surface area (TPSA) is 52.0 Å². The minimum absolute atomic E-state index is 0.131. The molecule has 0 spiro atoms. The summed E-state index contributed by atoms with van der Waals surface area (Å²) in [6, 6.07) is 7.00. The summed E-state index contributed by atoms with van der Waals surface area (Å²) in [5.41, 5.74) is 1.63. The molecule has 2 heterocycles. The summed E-state index contributed by atoms with van der Waals surface area (Å²) in [6.45, 7) is 5.74. The van der Waals surface area contributed by atoms with Crippen molar-refractivity contribution < 1.29 is 4.79 Å². The van der Waals surface area contributed by atoms with E-state index in [0.717, 1.165) is 0 Å². The Morgan fingerprint density at radius 2 is 2.05 bits per heavy atom. The van der Waals surface area contributed by atoms with Crippen molar-refractivity contribution in [3.05, 3.63) is 58.7 Å². The molecule has 0 amide bonds. The summed E-state index contributed by atoms with van der Waals surface area (Å²) in [5.74, 6) is 0.243. The third kappa shape index (κ3) is 1.57. The molecule has 0 N–H and O–H groups in total. The second-order valence-electron chi connectivity index (χ2n) is 4.49. The molecule has 0 radical (unpaired) electrons. The van der Waals surface area contributed by atoms with Crippen LogP contribution in [0.15, 0.2) is 47.3 Å². The zero-order valence-electron chi connectivity index (χ0n) is 10.5. The molecule has 0 saturated carbocycles. The van der Waals surface area contributed by atoms with Gasteiger partial charge >= 0.3 is 0 Å². The Kier molecular flexibility index (Phi) is 2.45. The van der Waals surface area contributed by atoms with E-state index in [2.05, 4.69) is 11.6 Å². The lowest BCUT2D eigenvalue weighted by Gasteiger charge is -2.22. The second kappa shape index (κ2) is 4.02. The van der Waals surface area contributed by atoms with Crippen molar-refractivity contribution >= 4 is 22.4 Å². The molecule has 1 aromatic carbocycles. The molecule has 2 aromatic rings. The van der Waals surface area contributed by atoms with Crippen LogP contribution in [0, 0.1) is 0 Å². The smallest absolute Gasteiger partial charge is 0.269 e. The number of allylic oxidation sites excluding steroid dienone is 3. The Bertz CT molecular complexity index is 812. The van der Waals surface area contributed by atoms with Gasteiger partial charge in [0, 0.05) is 12.0 Å². The van der Waals surface area contributed by atoms with Crippen LogP contribution in [-0.2, 0) is 0 Å². The molecule has 0 saturated heterocycles. The first-order valence-corrected chi connectivity index (χ1v) is 6.03. The van der Waals surface area contributed by atoms with Crippen molar-refractivity contribution in [2.75, 3.05) is 0 Å². The van der Waals surface area contributed by atoms with Crippen LogP contribution >= 0.6 is 0 Å². The number of carbonyl (C=O) groups excluding carboxylic acids is 1. The van der Waals surface area contributed by atoms with Crippen molar-refractivity contribution in [2.24, 2.45) is 0 Å². The fourth-order valence-electron chi connectivity index (χ4n) is 2.37. The Morgan fingerprint density at radius 1 is 1.32 bits per heavy atom. The normalized spacial score (nSPS) is 17.0. The number of fused-ring (bicyclic) bond motifs is 3. The predicted octanol–water partition coefficient (Wildman–Crippen LogP) is 2.40. The van der Waals surface area contributed by atoms with E-state index in [4.69, 9.17) is 0 Å². The first kappa shape index (κ1) is 11.6. The summed E-state index contributed by atoms with van der Waals surface area (Å²) in [5, 5.41) is 0.449. The number of aromatic nitrogens is 2. The van der Waals surface area contributed by atoms with Crippen LogP contribution in [0.3, 0.4) is 0 Å². The number of nitrogens with zero attached hydrogens (tertiary/aromatic N) is 2. The summed E-state index contributed by atoms with van der Waals surface area (Å²) < 4.78 is 1.48. The molecular formula is C15H12N2O2. The van der Waals surface area contributed by atoms with E-state index in [0.29, 0.717) is 34.3 Å². The molecule has 3 rings (SSSR count). The molecule has 4 heteroatoms. The zero-order chi connectivity index (χ0) is 13.6. The minimum atomic E-state index is -0.320. The molecule has 0 atom stereocenters. The Balaban J connectivity index is 2.50. The molecule has 0 fully saturated rings. The van der Waals surface area contributed by atoms with Crippen molar-refractivity contribution in [2.45, 2.75) is 13.3 Å². The first-order chi connectivity index (χ1) is 9.13. The maximum Gasteiger partial charge on any atom is 0.281 e. The first-order valence-electron chi connectivity index (χ1n) is 6.03. The summed E-state index contributed by atoms with van der Waals surface area (Å²) in [6.07, 6.45) is 2.23. The highest BCUT2D eigenvalue weighted by Crippen LogP contribution is 2.28. The predicted molar refractivity (Wildman–Crippen MR) is 74.0 cm³/mol. The highest BCUT2D eigenvalue weighted by Gasteiger charge is 2.26. The molecule has 94 valence electrons. The molecule has 1 aliphatic rings. The Morgan fingerprint density at radius 3 is 2.79 bits per heavy atom. The largest absolute Gasteiger partial charge is 0.281 e. The second-order valence-corrected chi connectivity index (χ2v) is 4.49. The Labute approximate surface area is 109 Å². The van der Waals surface area contributed by atoms with Gasteiger partial charge in [-0.15, -0.1) is 0 Å². The van der Waals surface area contributed by atoms with Crippen molar-refractivity contribution in [3.63, 3.8) is 0 Å². The SMILES string of the molecule is C=C1C/C(=C\C)C(=O)n2c1nc(=O)c1ccccc12. The fourth-order valence-corrected chi connectivity index (χ4v) is 2.37. The van der Waals surface area contributed by atoms with Gasteiger partial charge < -0.3 is 0 Å². The van der Waals surface area contributed by atoms with Gasteiger partial charge in [0.25, 0.3) is 11.5 Å². The quantitative estimate of drug-likeness (QED) is 0.676. The van der Waals surface area contributed by atoms with Gasteiger partial charge in [-0.3, -0.25) is 14.2 Å². The van der Waals surface area contributed by atoms with Gasteiger partial charge in [0.1, 0.15) is 5.82 Å².